The van der Waals surface area contributed by atoms with Crippen LogP contribution >= 0.6 is 0 Å². The predicted octanol–water partition coefficient (Wildman–Crippen LogP) is 1.04. The van der Waals surface area contributed by atoms with Crippen LogP contribution in [0, 0.1) is 5.92 Å². The fourth-order valence-electron chi connectivity index (χ4n) is 1.74. The summed E-state index contributed by atoms with van der Waals surface area (Å²) in [6.45, 7) is 4.67. The van der Waals surface area contributed by atoms with E-state index in [0.29, 0.717) is 18.2 Å². The third-order valence-electron chi connectivity index (χ3n) is 3.10. The molecule has 5 nitrogen and oxygen atoms in total. The van der Waals surface area contributed by atoms with E-state index in [-0.39, 0.29) is 19.3 Å². The van der Waals surface area contributed by atoms with E-state index in [1.807, 2.05) is 32.0 Å². The maximum absolute atomic E-state index is 9.86. The van der Waals surface area contributed by atoms with Crippen molar-refractivity contribution in [1.29, 1.82) is 0 Å². The highest BCUT2D eigenvalue weighted by Crippen LogP contribution is 2.18. The van der Waals surface area contributed by atoms with Gasteiger partial charge in [0.1, 0.15) is 24.2 Å². The van der Waals surface area contributed by atoms with Gasteiger partial charge in [0.15, 0.2) is 0 Å². The minimum atomic E-state index is -0.631. The van der Waals surface area contributed by atoms with Crippen molar-refractivity contribution < 1.29 is 19.7 Å². The topological polar surface area (TPSA) is 71.0 Å². The van der Waals surface area contributed by atoms with Crippen LogP contribution in [0.1, 0.15) is 13.8 Å². The molecule has 0 aliphatic carbocycles. The molecule has 0 heterocycles. The predicted molar refractivity (Wildman–Crippen MR) is 78.2 cm³/mol. The fourth-order valence-corrected chi connectivity index (χ4v) is 1.74. The van der Waals surface area contributed by atoms with Crippen LogP contribution in [0.5, 0.6) is 11.5 Å². The second-order valence-electron chi connectivity index (χ2n) is 5.09. The number of rotatable bonds is 9. The molecule has 0 bridgehead atoms. The van der Waals surface area contributed by atoms with Crippen molar-refractivity contribution in [1.82, 2.24) is 5.32 Å². The second-order valence-corrected chi connectivity index (χ2v) is 5.09. The molecule has 2 atom stereocenters. The van der Waals surface area contributed by atoms with Crippen LogP contribution in [0.2, 0.25) is 0 Å². The van der Waals surface area contributed by atoms with Crippen LogP contribution < -0.4 is 14.8 Å². The van der Waals surface area contributed by atoms with Crippen molar-refractivity contribution in [2.75, 3.05) is 26.9 Å². The van der Waals surface area contributed by atoms with E-state index < -0.39 is 6.10 Å². The maximum atomic E-state index is 9.86. The molecule has 0 radical (unpaired) electrons. The molecule has 1 rings (SSSR count). The summed E-state index contributed by atoms with van der Waals surface area (Å²) in [7, 11) is 1.60. The van der Waals surface area contributed by atoms with Gasteiger partial charge in [-0.15, -0.1) is 0 Å². The molecule has 0 aliphatic heterocycles. The lowest BCUT2D eigenvalue weighted by Gasteiger charge is -2.22. The summed E-state index contributed by atoms with van der Waals surface area (Å²) in [5, 5.41) is 22.2. The summed E-state index contributed by atoms with van der Waals surface area (Å²) in [6, 6.07) is 7.23. The first-order valence-electron chi connectivity index (χ1n) is 6.86. The number of hydrogen-bond acceptors (Lipinski definition) is 5. The lowest BCUT2D eigenvalue weighted by Crippen LogP contribution is -2.42. The van der Waals surface area contributed by atoms with E-state index >= 15 is 0 Å². The summed E-state index contributed by atoms with van der Waals surface area (Å²) >= 11 is 0. The maximum Gasteiger partial charge on any atom is 0.123 e. The molecule has 2 unspecified atom stereocenters. The molecule has 0 saturated carbocycles. The molecular formula is C15H25NO4. The summed E-state index contributed by atoms with van der Waals surface area (Å²) in [4.78, 5) is 0. The van der Waals surface area contributed by atoms with E-state index in [2.05, 4.69) is 5.32 Å². The second kappa shape index (κ2) is 8.79. The summed E-state index contributed by atoms with van der Waals surface area (Å²) in [5.41, 5.74) is 0. The number of aliphatic hydroxyl groups is 2. The molecule has 0 aliphatic rings. The Labute approximate surface area is 120 Å². The molecule has 3 N–H and O–H groups in total. The van der Waals surface area contributed by atoms with Crippen molar-refractivity contribution >= 4 is 0 Å². The lowest BCUT2D eigenvalue weighted by atomic mass is 10.1. The molecule has 0 amide bonds. The molecule has 20 heavy (non-hydrogen) atoms. The molecule has 0 aromatic heterocycles. The lowest BCUT2D eigenvalue weighted by molar-refractivity contribution is 0.0960. The zero-order chi connectivity index (χ0) is 15.0. The monoisotopic (exact) mass is 283 g/mol. The number of nitrogens with one attached hydrogen (secondary N) is 1. The highest BCUT2D eigenvalue weighted by Gasteiger charge is 2.13. The van der Waals surface area contributed by atoms with Gasteiger partial charge >= 0.3 is 0 Å². The van der Waals surface area contributed by atoms with Gasteiger partial charge in [0, 0.05) is 18.7 Å². The van der Waals surface area contributed by atoms with Crippen LogP contribution in [-0.2, 0) is 0 Å². The highest BCUT2D eigenvalue weighted by molar-refractivity contribution is 5.32. The Hall–Kier alpha value is -1.30. The normalized spacial score (nSPS) is 14.1. The van der Waals surface area contributed by atoms with Gasteiger partial charge in [-0.1, -0.05) is 19.9 Å². The minimum Gasteiger partial charge on any atom is -0.497 e. The van der Waals surface area contributed by atoms with Gasteiger partial charge in [-0.3, -0.25) is 0 Å². The Balaban J connectivity index is 2.33. The Morgan fingerprint density at radius 1 is 1.25 bits per heavy atom. The van der Waals surface area contributed by atoms with E-state index in [4.69, 9.17) is 9.47 Å². The quantitative estimate of drug-likeness (QED) is 0.632. The molecule has 1 aromatic rings. The van der Waals surface area contributed by atoms with Crippen molar-refractivity contribution in [2.24, 2.45) is 5.92 Å². The average Bonchev–Trinajstić information content (AvgIpc) is 2.45. The molecule has 114 valence electrons. The zero-order valence-corrected chi connectivity index (χ0v) is 12.4. The Morgan fingerprint density at radius 3 is 2.55 bits per heavy atom. The molecule has 0 fully saturated rings. The van der Waals surface area contributed by atoms with E-state index in [9.17, 15) is 10.2 Å². The van der Waals surface area contributed by atoms with Gasteiger partial charge in [-0.2, -0.15) is 0 Å². The van der Waals surface area contributed by atoms with Crippen molar-refractivity contribution in [3.8, 4) is 11.5 Å². The smallest absolute Gasteiger partial charge is 0.123 e. The van der Waals surface area contributed by atoms with Crippen LogP contribution in [0.3, 0.4) is 0 Å². The van der Waals surface area contributed by atoms with Crippen molar-refractivity contribution in [3.05, 3.63) is 24.3 Å². The van der Waals surface area contributed by atoms with E-state index in [1.54, 1.807) is 13.2 Å². The minimum absolute atomic E-state index is 0.0125. The van der Waals surface area contributed by atoms with Crippen LogP contribution in [0.4, 0.5) is 0 Å². The Bertz CT molecular complexity index is 384. The van der Waals surface area contributed by atoms with Crippen LogP contribution in [0.15, 0.2) is 24.3 Å². The highest BCUT2D eigenvalue weighted by atomic mass is 16.5. The van der Waals surface area contributed by atoms with E-state index in [0.717, 1.165) is 5.75 Å². The van der Waals surface area contributed by atoms with Gasteiger partial charge in [-0.05, 0) is 18.1 Å². The standard InChI is InChI=1S/C15H25NO4/c1-11(2)15(9-17)16-8-12(18)10-20-14-6-4-5-13(7-14)19-3/h4-7,11-12,15-18H,8-10H2,1-3H3. The fraction of sp³-hybridized carbons (Fsp3) is 0.600. The summed E-state index contributed by atoms with van der Waals surface area (Å²) < 4.78 is 10.6. The first-order valence-corrected chi connectivity index (χ1v) is 6.86. The largest absolute Gasteiger partial charge is 0.497 e. The van der Waals surface area contributed by atoms with Gasteiger partial charge < -0.3 is 25.0 Å². The number of aliphatic hydroxyl groups excluding tert-OH is 2. The van der Waals surface area contributed by atoms with Gasteiger partial charge in [-0.25, -0.2) is 0 Å². The van der Waals surface area contributed by atoms with Crippen LogP contribution in [-0.4, -0.2) is 49.2 Å². The first kappa shape index (κ1) is 16.8. The summed E-state index contributed by atoms with van der Waals surface area (Å²) in [6.07, 6.45) is -0.631. The molecule has 0 saturated heterocycles. The van der Waals surface area contributed by atoms with Crippen molar-refractivity contribution in [2.45, 2.75) is 26.0 Å². The number of hydrogen-bond donors (Lipinski definition) is 3. The SMILES string of the molecule is COc1cccc(OCC(O)CNC(CO)C(C)C)c1. The van der Waals surface area contributed by atoms with Gasteiger partial charge in [0.05, 0.1) is 13.7 Å². The average molecular weight is 283 g/mol. The van der Waals surface area contributed by atoms with Crippen molar-refractivity contribution in [3.63, 3.8) is 0 Å². The van der Waals surface area contributed by atoms with E-state index in [1.165, 1.54) is 0 Å². The zero-order valence-electron chi connectivity index (χ0n) is 12.4. The molecule has 1 aromatic carbocycles. The number of ether oxygens (including phenoxy) is 2. The Kier molecular flexibility index (Phi) is 7.36. The third kappa shape index (κ3) is 5.77. The molecular weight excluding hydrogens is 258 g/mol. The first-order chi connectivity index (χ1) is 9.56. The van der Waals surface area contributed by atoms with Gasteiger partial charge in [0.2, 0.25) is 0 Å². The molecule has 5 heteroatoms. The number of benzene rings is 1. The Morgan fingerprint density at radius 2 is 1.95 bits per heavy atom. The molecule has 0 spiro atoms. The third-order valence-corrected chi connectivity index (χ3v) is 3.10. The summed E-state index contributed by atoms with van der Waals surface area (Å²) in [5.74, 6) is 1.69. The van der Waals surface area contributed by atoms with Gasteiger partial charge in [0.25, 0.3) is 0 Å². The van der Waals surface area contributed by atoms with Crippen LogP contribution in [0.25, 0.3) is 0 Å². The number of methoxy groups -OCH3 is 1.